The molecule has 8 nitrogen and oxygen atoms in total. The zero-order valence-corrected chi connectivity index (χ0v) is 23.3. The van der Waals surface area contributed by atoms with Gasteiger partial charge in [0.05, 0.1) is 24.6 Å². The summed E-state index contributed by atoms with van der Waals surface area (Å²) in [5.41, 5.74) is 7.72. The lowest BCUT2D eigenvalue weighted by atomic mass is 9.74. The molecular weight excluding hydrogens is 555 g/mol. The van der Waals surface area contributed by atoms with Crippen molar-refractivity contribution in [2.45, 2.75) is 31.4 Å². The second kappa shape index (κ2) is 10.9. The molecule has 0 amide bonds. The lowest BCUT2D eigenvalue weighted by Crippen LogP contribution is -2.46. The van der Waals surface area contributed by atoms with Gasteiger partial charge in [0.15, 0.2) is 0 Å². The van der Waals surface area contributed by atoms with Crippen molar-refractivity contribution in [3.8, 4) is 17.0 Å². The van der Waals surface area contributed by atoms with Crippen molar-refractivity contribution in [2.24, 2.45) is 5.73 Å². The lowest BCUT2D eigenvalue weighted by Gasteiger charge is -2.41. The van der Waals surface area contributed by atoms with Crippen LogP contribution in [-0.4, -0.2) is 51.9 Å². The maximum absolute atomic E-state index is 13.4. The number of halogens is 3. The Kier molecular flexibility index (Phi) is 7.61. The molecule has 216 valence electrons. The van der Waals surface area contributed by atoms with Gasteiger partial charge in [-0.05, 0) is 61.2 Å². The average Bonchev–Trinajstić information content (AvgIpc) is 3.27. The minimum atomic E-state index is -4.53. The normalized spacial score (nSPS) is 16.5. The molecular formula is C29H30F3N5O3S. The number of benzene rings is 2. The predicted octanol–water partition coefficient (Wildman–Crippen LogP) is 5.36. The summed E-state index contributed by atoms with van der Waals surface area (Å²) in [6.45, 7) is 10.9. The molecule has 2 aliphatic rings. The van der Waals surface area contributed by atoms with Crippen LogP contribution in [0.25, 0.3) is 16.0 Å². The maximum atomic E-state index is 13.4. The highest BCUT2D eigenvalue weighted by Gasteiger charge is 2.48. The third kappa shape index (κ3) is 5.31. The summed E-state index contributed by atoms with van der Waals surface area (Å²) in [6.07, 6.45) is -1.78. The first-order valence-corrected chi connectivity index (χ1v) is 14.9. The van der Waals surface area contributed by atoms with E-state index in [1.807, 2.05) is 36.1 Å². The fourth-order valence-electron chi connectivity index (χ4n) is 5.83. The highest BCUT2D eigenvalue weighted by Crippen LogP contribution is 2.50. The summed E-state index contributed by atoms with van der Waals surface area (Å²) in [4.78, 5) is 9.60. The number of hydrogen-bond donors (Lipinski definition) is 1. The first-order valence-electron chi connectivity index (χ1n) is 13.3. The molecule has 1 saturated heterocycles. The molecule has 0 unspecified atom stereocenters. The zero-order chi connectivity index (χ0) is 29.4. The van der Waals surface area contributed by atoms with Crippen LogP contribution in [0.3, 0.4) is 0 Å². The summed E-state index contributed by atoms with van der Waals surface area (Å²) < 4.78 is 73.6. The third-order valence-electron chi connectivity index (χ3n) is 7.84. The Balaban J connectivity index is 1.50. The summed E-state index contributed by atoms with van der Waals surface area (Å²) in [6, 6.07) is 12.7. The summed E-state index contributed by atoms with van der Waals surface area (Å²) in [7, 11) is -3.71. The Morgan fingerprint density at radius 1 is 1.12 bits per heavy atom. The molecule has 5 rings (SSSR count). The Morgan fingerprint density at radius 2 is 1.88 bits per heavy atom. The van der Waals surface area contributed by atoms with E-state index in [-0.39, 0.29) is 24.5 Å². The first-order chi connectivity index (χ1) is 19.5. The number of pyridine rings is 1. The van der Waals surface area contributed by atoms with Crippen LogP contribution in [0, 0.1) is 6.57 Å². The number of anilines is 2. The quantitative estimate of drug-likeness (QED) is 0.375. The molecule has 0 radical (unpaired) electrons. The number of hydrogen-bond acceptors (Lipinski definition) is 6. The second-order valence-corrected chi connectivity index (χ2v) is 12.2. The van der Waals surface area contributed by atoms with Crippen molar-refractivity contribution < 1.29 is 26.3 Å². The molecule has 3 heterocycles. The molecule has 1 fully saturated rings. The van der Waals surface area contributed by atoms with E-state index in [0.717, 1.165) is 28.8 Å². The number of ether oxygens (including phenoxy) is 1. The highest BCUT2D eigenvalue weighted by atomic mass is 32.2. The van der Waals surface area contributed by atoms with Crippen LogP contribution in [-0.2, 0) is 21.6 Å². The number of rotatable bonds is 7. The molecule has 2 N–H and O–H groups in total. The van der Waals surface area contributed by atoms with Gasteiger partial charge in [-0.3, -0.25) is 4.31 Å². The Hall–Kier alpha value is -3.82. The van der Waals surface area contributed by atoms with Gasteiger partial charge in [0.2, 0.25) is 21.6 Å². The van der Waals surface area contributed by atoms with Gasteiger partial charge in [-0.2, -0.15) is 13.2 Å². The van der Waals surface area contributed by atoms with E-state index < -0.39 is 27.2 Å². The highest BCUT2D eigenvalue weighted by molar-refractivity contribution is 7.92. The van der Waals surface area contributed by atoms with Gasteiger partial charge in [-0.25, -0.2) is 18.2 Å². The van der Waals surface area contributed by atoms with Crippen LogP contribution >= 0.6 is 0 Å². The van der Waals surface area contributed by atoms with Gasteiger partial charge in [0, 0.05) is 54.6 Å². The van der Waals surface area contributed by atoms with Gasteiger partial charge < -0.3 is 15.4 Å². The molecule has 2 aromatic carbocycles. The first kappa shape index (κ1) is 28.7. The predicted molar refractivity (Wildman–Crippen MR) is 152 cm³/mol. The van der Waals surface area contributed by atoms with Crippen LogP contribution < -0.4 is 19.7 Å². The van der Waals surface area contributed by atoms with Crippen molar-refractivity contribution in [1.29, 1.82) is 0 Å². The Labute approximate surface area is 237 Å². The maximum Gasteiger partial charge on any atom is 0.415 e. The number of piperidine rings is 1. The SMILES string of the molecule is [C-]#[N+]c1cc(C(F)(F)F)ccc1N1CCC2(CC1)CN(S(=O)(=O)CCN)c1cc(-c3cccnc3OCC)ccc12. The minimum Gasteiger partial charge on any atom is -0.478 e. The van der Waals surface area contributed by atoms with Crippen LogP contribution in [0.5, 0.6) is 5.88 Å². The largest absolute Gasteiger partial charge is 0.478 e. The molecule has 12 heteroatoms. The van der Waals surface area contributed by atoms with Crippen molar-refractivity contribution in [3.05, 3.63) is 77.3 Å². The van der Waals surface area contributed by atoms with Crippen molar-refractivity contribution >= 4 is 27.1 Å². The molecule has 2 aliphatic heterocycles. The molecule has 1 spiro atoms. The standard InChI is InChI=1S/C29H30F3N5O3S/c1-3-40-27-22(5-4-13-35-27)20-6-8-23-26(17-20)37(41(38,39)16-12-33)19-28(23)10-14-36(15-11-28)25-9-7-21(29(30,31)32)18-24(25)34-2/h4-9,13,17-18H,3,10-12,14-16,19,33H2,1H3. The molecule has 3 aromatic rings. The van der Waals surface area contributed by atoms with Crippen LogP contribution in [0.2, 0.25) is 0 Å². The van der Waals surface area contributed by atoms with Gasteiger partial charge in [-0.15, -0.1) is 0 Å². The van der Waals surface area contributed by atoms with E-state index in [2.05, 4.69) is 9.83 Å². The smallest absolute Gasteiger partial charge is 0.415 e. The van der Waals surface area contributed by atoms with E-state index in [4.69, 9.17) is 17.0 Å². The molecule has 0 saturated carbocycles. The zero-order valence-electron chi connectivity index (χ0n) is 22.5. The van der Waals surface area contributed by atoms with Gasteiger partial charge >= 0.3 is 6.18 Å². The third-order valence-corrected chi connectivity index (χ3v) is 9.59. The number of fused-ring (bicyclic) bond motifs is 2. The van der Waals surface area contributed by atoms with E-state index >= 15 is 0 Å². The second-order valence-electron chi connectivity index (χ2n) is 10.2. The van der Waals surface area contributed by atoms with E-state index in [9.17, 15) is 21.6 Å². The van der Waals surface area contributed by atoms with Crippen molar-refractivity contribution in [3.63, 3.8) is 0 Å². The number of sulfonamides is 1. The summed E-state index contributed by atoms with van der Waals surface area (Å²) in [5.74, 6) is 0.259. The lowest BCUT2D eigenvalue weighted by molar-refractivity contribution is -0.137. The average molecular weight is 586 g/mol. The fourth-order valence-corrected chi connectivity index (χ4v) is 7.24. The Bertz CT molecular complexity index is 1600. The van der Waals surface area contributed by atoms with Crippen molar-refractivity contribution in [1.82, 2.24) is 4.98 Å². The summed E-state index contributed by atoms with van der Waals surface area (Å²) >= 11 is 0. The molecule has 1 aromatic heterocycles. The Morgan fingerprint density at radius 3 is 2.54 bits per heavy atom. The minimum absolute atomic E-state index is 0.0148. The molecule has 0 aliphatic carbocycles. The van der Waals surface area contributed by atoms with Crippen molar-refractivity contribution in [2.75, 3.05) is 47.7 Å². The monoisotopic (exact) mass is 585 g/mol. The topological polar surface area (TPSA) is 93.1 Å². The number of alkyl halides is 3. The number of nitrogens with zero attached hydrogens (tertiary/aromatic N) is 4. The van der Waals surface area contributed by atoms with Crippen LogP contribution in [0.4, 0.5) is 30.2 Å². The van der Waals surface area contributed by atoms with E-state index in [0.29, 0.717) is 49.8 Å². The van der Waals surface area contributed by atoms with Crippen LogP contribution in [0.1, 0.15) is 30.9 Å². The molecule has 0 atom stereocenters. The molecule has 41 heavy (non-hydrogen) atoms. The van der Waals surface area contributed by atoms with E-state index in [1.54, 1.807) is 12.3 Å². The van der Waals surface area contributed by atoms with E-state index in [1.165, 1.54) is 10.4 Å². The van der Waals surface area contributed by atoms with Gasteiger partial charge in [-0.1, -0.05) is 18.2 Å². The summed E-state index contributed by atoms with van der Waals surface area (Å²) in [5, 5.41) is 0. The number of aromatic nitrogens is 1. The fraction of sp³-hybridized carbons (Fsp3) is 0.379. The van der Waals surface area contributed by atoms with Gasteiger partial charge in [0.25, 0.3) is 0 Å². The number of nitrogens with two attached hydrogens (primary N) is 1. The van der Waals surface area contributed by atoms with Crippen LogP contribution in [0.15, 0.2) is 54.7 Å². The van der Waals surface area contributed by atoms with Gasteiger partial charge in [0.1, 0.15) is 0 Å². The molecule has 0 bridgehead atoms.